The van der Waals surface area contributed by atoms with E-state index in [4.69, 9.17) is 0 Å². The molecule has 1 aromatic carbocycles. The quantitative estimate of drug-likeness (QED) is 0.706. The predicted octanol–water partition coefficient (Wildman–Crippen LogP) is 2.17. The first-order valence-corrected chi connectivity index (χ1v) is 5.05. The molecule has 0 aliphatic heterocycles. The smallest absolute Gasteiger partial charge is 0.185 e. The molecular formula is C10H10N2OS. The van der Waals surface area contributed by atoms with Gasteiger partial charge in [0.15, 0.2) is 5.13 Å². The molecule has 0 saturated heterocycles. The van der Waals surface area contributed by atoms with Crippen molar-refractivity contribution in [3.8, 4) is 0 Å². The lowest BCUT2D eigenvalue weighted by Gasteiger charge is -2.04. The molecule has 2 rings (SSSR count). The number of fused-ring (bicyclic) bond motifs is 1. The van der Waals surface area contributed by atoms with Crippen LogP contribution < -0.4 is 4.90 Å². The zero-order valence-electron chi connectivity index (χ0n) is 8.02. The summed E-state index contributed by atoms with van der Waals surface area (Å²) in [4.78, 5) is 16.9. The zero-order chi connectivity index (χ0) is 10.1. The van der Waals surface area contributed by atoms with Gasteiger partial charge in [0.2, 0.25) is 0 Å². The lowest BCUT2D eigenvalue weighted by molar-refractivity contribution is 0.112. The van der Waals surface area contributed by atoms with Crippen LogP contribution in [0.1, 0.15) is 10.4 Å². The van der Waals surface area contributed by atoms with Crippen LogP contribution in [0, 0.1) is 0 Å². The van der Waals surface area contributed by atoms with Gasteiger partial charge >= 0.3 is 0 Å². The molecule has 1 aromatic heterocycles. The van der Waals surface area contributed by atoms with Crippen molar-refractivity contribution in [3.63, 3.8) is 0 Å². The maximum atomic E-state index is 10.6. The SMILES string of the molecule is CN(C)c1nc2ccc(C=O)cc2s1. The molecule has 0 aliphatic carbocycles. The van der Waals surface area contributed by atoms with Gasteiger partial charge in [0.05, 0.1) is 10.2 Å². The molecular weight excluding hydrogens is 196 g/mol. The van der Waals surface area contributed by atoms with Gasteiger partial charge in [0.1, 0.15) is 6.29 Å². The summed E-state index contributed by atoms with van der Waals surface area (Å²) in [7, 11) is 3.91. The molecule has 0 amide bonds. The summed E-state index contributed by atoms with van der Waals surface area (Å²) in [5.74, 6) is 0. The number of aldehydes is 1. The lowest BCUT2D eigenvalue weighted by atomic mass is 10.2. The second-order valence-electron chi connectivity index (χ2n) is 3.24. The molecule has 1 heterocycles. The summed E-state index contributed by atoms with van der Waals surface area (Å²) in [5.41, 5.74) is 1.65. The number of rotatable bonds is 2. The van der Waals surface area contributed by atoms with Gasteiger partial charge in [-0.1, -0.05) is 11.3 Å². The minimum absolute atomic E-state index is 0.700. The van der Waals surface area contributed by atoms with Crippen molar-refractivity contribution in [2.45, 2.75) is 0 Å². The predicted molar refractivity (Wildman–Crippen MR) is 59.3 cm³/mol. The Kier molecular flexibility index (Phi) is 2.21. The largest absolute Gasteiger partial charge is 0.354 e. The van der Waals surface area contributed by atoms with Gasteiger partial charge < -0.3 is 4.90 Å². The van der Waals surface area contributed by atoms with Gasteiger partial charge in [-0.3, -0.25) is 4.79 Å². The molecule has 0 unspecified atom stereocenters. The van der Waals surface area contributed by atoms with Crippen LogP contribution in [0.15, 0.2) is 18.2 Å². The number of hydrogen-bond acceptors (Lipinski definition) is 4. The van der Waals surface area contributed by atoms with Gasteiger partial charge in [-0.05, 0) is 18.2 Å². The van der Waals surface area contributed by atoms with E-state index in [0.717, 1.165) is 21.6 Å². The van der Waals surface area contributed by atoms with Gasteiger partial charge in [0, 0.05) is 19.7 Å². The third kappa shape index (κ3) is 1.48. The number of nitrogens with zero attached hydrogens (tertiary/aromatic N) is 2. The normalized spacial score (nSPS) is 10.4. The summed E-state index contributed by atoms with van der Waals surface area (Å²) >= 11 is 1.59. The Morgan fingerprint density at radius 2 is 2.21 bits per heavy atom. The van der Waals surface area contributed by atoms with Crippen molar-refractivity contribution < 1.29 is 4.79 Å². The van der Waals surface area contributed by atoms with Crippen LogP contribution in [0.3, 0.4) is 0 Å². The number of thiazole rings is 1. The molecule has 0 spiro atoms. The molecule has 0 N–H and O–H groups in total. The van der Waals surface area contributed by atoms with Crippen LogP contribution >= 0.6 is 11.3 Å². The topological polar surface area (TPSA) is 33.2 Å². The van der Waals surface area contributed by atoms with Crippen molar-refractivity contribution in [3.05, 3.63) is 23.8 Å². The van der Waals surface area contributed by atoms with Crippen LogP contribution in [-0.2, 0) is 0 Å². The molecule has 3 nitrogen and oxygen atoms in total. The standard InChI is InChI=1S/C10H10N2OS/c1-12(2)10-11-8-4-3-7(6-13)5-9(8)14-10/h3-6H,1-2H3. The van der Waals surface area contributed by atoms with E-state index in [1.165, 1.54) is 0 Å². The minimum atomic E-state index is 0.700. The summed E-state index contributed by atoms with van der Waals surface area (Å²) in [6.45, 7) is 0. The van der Waals surface area contributed by atoms with Gasteiger partial charge in [0.25, 0.3) is 0 Å². The monoisotopic (exact) mass is 206 g/mol. The van der Waals surface area contributed by atoms with Crippen molar-refractivity contribution >= 4 is 33.0 Å². The van der Waals surface area contributed by atoms with Crippen molar-refractivity contribution in [2.24, 2.45) is 0 Å². The Bertz CT molecular complexity index is 476. The van der Waals surface area contributed by atoms with E-state index in [9.17, 15) is 4.79 Å². The minimum Gasteiger partial charge on any atom is -0.354 e. The number of aromatic nitrogens is 1. The maximum Gasteiger partial charge on any atom is 0.185 e. The summed E-state index contributed by atoms with van der Waals surface area (Å²) in [6.07, 6.45) is 0.856. The fourth-order valence-corrected chi connectivity index (χ4v) is 2.13. The highest BCUT2D eigenvalue weighted by Crippen LogP contribution is 2.27. The molecule has 14 heavy (non-hydrogen) atoms. The van der Waals surface area contributed by atoms with Crippen molar-refractivity contribution in [1.82, 2.24) is 4.98 Å². The number of benzene rings is 1. The second-order valence-corrected chi connectivity index (χ2v) is 4.24. The van der Waals surface area contributed by atoms with E-state index in [2.05, 4.69) is 4.98 Å². The van der Waals surface area contributed by atoms with E-state index >= 15 is 0 Å². The van der Waals surface area contributed by atoms with Gasteiger partial charge in [-0.15, -0.1) is 0 Å². The molecule has 72 valence electrons. The molecule has 4 heteroatoms. The molecule has 0 radical (unpaired) electrons. The van der Waals surface area contributed by atoms with E-state index in [1.54, 1.807) is 17.4 Å². The Balaban J connectivity index is 2.59. The van der Waals surface area contributed by atoms with Crippen LogP contribution in [0.2, 0.25) is 0 Å². The van der Waals surface area contributed by atoms with Gasteiger partial charge in [-0.2, -0.15) is 0 Å². The lowest BCUT2D eigenvalue weighted by Crippen LogP contribution is -2.07. The van der Waals surface area contributed by atoms with Crippen LogP contribution in [0.25, 0.3) is 10.2 Å². The van der Waals surface area contributed by atoms with Crippen molar-refractivity contribution in [2.75, 3.05) is 19.0 Å². The average Bonchev–Trinajstić information content (AvgIpc) is 2.59. The first-order chi connectivity index (χ1) is 6.70. The molecule has 0 saturated carbocycles. The van der Waals surface area contributed by atoms with Crippen LogP contribution in [0.5, 0.6) is 0 Å². The Morgan fingerprint density at radius 3 is 2.86 bits per heavy atom. The highest BCUT2D eigenvalue weighted by Gasteiger charge is 2.05. The van der Waals surface area contributed by atoms with Crippen LogP contribution in [-0.4, -0.2) is 25.4 Å². The number of anilines is 1. The van der Waals surface area contributed by atoms with Crippen LogP contribution in [0.4, 0.5) is 5.13 Å². The highest BCUT2D eigenvalue weighted by molar-refractivity contribution is 7.22. The third-order valence-corrected chi connectivity index (χ3v) is 3.11. The first kappa shape index (κ1) is 9.15. The molecule has 0 fully saturated rings. The molecule has 2 aromatic rings. The summed E-state index contributed by atoms with van der Waals surface area (Å²) in [6, 6.07) is 5.53. The first-order valence-electron chi connectivity index (χ1n) is 4.24. The number of hydrogen-bond donors (Lipinski definition) is 0. The van der Waals surface area contributed by atoms with E-state index in [0.29, 0.717) is 5.56 Å². The Labute approximate surface area is 86.0 Å². The Hall–Kier alpha value is -1.42. The average molecular weight is 206 g/mol. The Morgan fingerprint density at radius 1 is 1.43 bits per heavy atom. The second kappa shape index (κ2) is 3.38. The fraction of sp³-hybridized carbons (Fsp3) is 0.200. The van der Waals surface area contributed by atoms with E-state index in [-0.39, 0.29) is 0 Å². The molecule has 0 atom stereocenters. The zero-order valence-corrected chi connectivity index (χ0v) is 8.84. The summed E-state index contributed by atoms with van der Waals surface area (Å²) < 4.78 is 1.05. The van der Waals surface area contributed by atoms with E-state index < -0.39 is 0 Å². The summed E-state index contributed by atoms with van der Waals surface area (Å²) in [5, 5.41) is 0.961. The maximum absolute atomic E-state index is 10.6. The van der Waals surface area contributed by atoms with Crippen molar-refractivity contribution in [1.29, 1.82) is 0 Å². The third-order valence-electron chi connectivity index (χ3n) is 1.92. The molecule has 0 aliphatic rings. The van der Waals surface area contributed by atoms with E-state index in [1.807, 2.05) is 31.1 Å². The number of carbonyl (C=O) groups excluding carboxylic acids is 1. The highest BCUT2D eigenvalue weighted by atomic mass is 32.1. The van der Waals surface area contributed by atoms with Gasteiger partial charge in [-0.25, -0.2) is 4.98 Å². The molecule has 0 bridgehead atoms. The fourth-order valence-electron chi connectivity index (χ4n) is 1.19. The number of carbonyl (C=O) groups is 1.